The molecule has 1 aliphatic heterocycles. The zero-order valence-corrected chi connectivity index (χ0v) is 11.2. The van der Waals surface area contributed by atoms with Crippen LogP contribution in [0.15, 0.2) is 24.3 Å². The second-order valence-electron chi connectivity index (χ2n) is 4.57. The first-order valence-electron chi connectivity index (χ1n) is 6.06. The Morgan fingerprint density at radius 1 is 1.41 bits per heavy atom. The Labute approximate surface area is 108 Å². The van der Waals surface area contributed by atoms with Crippen LogP contribution in [-0.4, -0.2) is 44.7 Å². The summed E-state index contributed by atoms with van der Waals surface area (Å²) in [7, 11) is 4.20. The highest BCUT2D eigenvalue weighted by molar-refractivity contribution is 6.30. The van der Waals surface area contributed by atoms with Crippen molar-refractivity contribution >= 4 is 11.6 Å². The first kappa shape index (κ1) is 12.8. The van der Waals surface area contributed by atoms with E-state index in [0.717, 1.165) is 24.7 Å². The number of likely N-dealkylation sites (N-methyl/N-ethyl adjacent to an activating group) is 2. The van der Waals surface area contributed by atoms with Crippen LogP contribution < -0.4 is 10.6 Å². The lowest BCUT2D eigenvalue weighted by Crippen LogP contribution is -2.54. The lowest BCUT2D eigenvalue weighted by Gasteiger charge is -2.38. The van der Waals surface area contributed by atoms with Crippen molar-refractivity contribution < 1.29 is 0 Å². The molecule has 0 bridgehead atoms. The largest absolute Gasteiger partial charge is 0.314 e. The second-order valence-corrected chi connectivity index (χ2v) is 5.01. The van der Waals surface area contributed by atoms with Crippen LogP contribution in [0.5, 0.6) is 0 Å². The molecule has 1 heterocycles. The molecular formula is C13H20ClN3. The molecule has 1 fully saturated rings. The molecule has 2 unspecified atom stereocenters. The van der Waals surface area contributed by atoms with Crippen molar-refractivity contribution in [3.8, 4) is 0 Å². The van der Waals surface area contributed by atoms with Crippen LogP contribution in [0.1, 0.15) is 11.6 Å². The average molecular weight is 254 g/mol. The van der Waals surface area contributed by atoms with E-state index < -0.39 is 0 Å². The number of rotatable bonds is 3. The third-order valence-corrected chi connectivity index (χ3v) is 3.74. The van der Waals surface area contributed by atoms with E-state index in [0.29, 0.717) is 12.1 Å². The minimum Gasteiger partial charge on any atom is -0.314 e. The molecule has 3 nitrogen and oxygen atoms in total. The third kappa shape index (κ3) is 2.99. The molecular weight excluding hydrogens is 234 g/mol. The molecule has 0 radical (unpaired) electrons. The summed E-state index contributed by atoms with van der Waals surface area (Å²) in [5.74, 6) is 0. The van der Waals surface area contributed by atoms with Gasteiger partial charge in [0.15, 0.2) is 0 Å². The molecule has 0 amide bonds. The van der Waals surface area contributed by atoms with Gasteiger partial charge in [-0.2, -0.15) is 0 Å². The van der Waals surface area contributed by atoms with Crippen LogP contribution in [-0.2, 0) is 0 Å². The summed E-state index contributed by atoms with van der Waals surface area (Å²) in [4.78, 5) is 2.41. The van der Waals surface area contributed by atoms with Crippen molar-refractivity contribution in [3.05, 3.63) is 34.9 Å². The quantitative estimate of drug-likeness (QED) is 0.855. The summed E-state index contributed by atoms with van der Waals surface area (Å²) in [5, 5.41) is 7.66. The van der Waals surface area contributed by atoms with Gasteiger partial charge in [-0.1, -0.05) is 23.7 Å². The maximum Gasteiger partial charge on any atom is 0.0488 e. The molecule has 1 aliphatic rings. The topological polar surface area (TPSA) is 27.3 Å². The van der Waals surface area contributed by atoms with E-state index in [1.807, 2.05) is 19.2 Å². The van der Waals surface area contributed by atoms with E-state index in [9.17, 15) is 0 Å². The number of nitrogens with zero attached hydrogens (tertiary/aromatic N) is 1. The van der Waals surface area contributed by atoms with Gasteiger partial charge in [0.25, 0.3) is 0 Å². The SMILES string of the molecule is CNC(c1ccc(Cl)cc1)C1CNCCN1C. The first-order chi connectivity index (χ1) is 8.22. The van der Waals surface area contributed by atoms with E-state index in [4.69, 9.17) is 11.6 Å². The van der Waals surface area contributed by atoms with E-state index in [-0.39, 0.29) is 0 Å². The summed E-state index contributed by atoms with van der Waals surface area (Å²) >= 11 is 5.93. The van der Waals surface area contributed by atoms with Crippen LogP contribution >= 0.6 is 11.6 Å². The molecule has 1 saturated heterocycles. The Balaban J connectivity index is 2.17. The standard InChI is InChI=1S/C13H20ClN3/c1-15-13(10-3-5-11(14)6-4-10)12-9-16-7-8-17(12)2/h3-6,12-13,15-16H,7-9H2,1-2H3. The van der Waals surface area contributed by atoms with Crippen LogP contribution in [0.4, 0.5) is 0 Å². The Kier molecular flexibility index (Phi) is 4.40. The maximum atomic E-state index is 5.93. The fraction of sp³-hybridized carbons (Fsp3) is 0.538. The second kappa shape index (κ2) is 5.83. The van der Waals surface area contributed by atoms with Gasteiger partial charge in [-0.25, -0.2) is 0 Å². The molecule has 1 aromatic carbocycles. The van der Waals surface area contributed by atoms with Gasteiger partial charge in [0.05, 0.1) is 0 Å². The van der Waals surface area contributed by atoms with Crippen molar-refractivity contribution in [2.75, 3.05) is 33.7 Å². The van der Waals surface area contributed by atoms with Gasteiger partial charge in [-0.3, -0.25) is 4.90 Å². The van der Waals surface area contributed by atoms with Crippen LogP contribution in [0.3, 0.4) is 0 Å². The average Bonchev–Trinajstić information content (AvgIpc) is 2.35. The summed E-state index contributed by atoms with van der Waals surface area (Å²) in [6, 6.07) is 8.94. The molecule has 94 valence electrons. The van der Waals surface area contributed by atoms with E-state index in [1.54, 1.807) is 0 Å². The van der Waals surface area contributed by atoms with Crippen LogP contribution in [0, 0.1) is 0 Å². The Morgan fingerprint density at radius 3 is 2.71 bits per heavy atom. The summed E-state index contributed by atoms with van der Waals surface area (Å²) in [6.07, 6.45) is 0. The molecule has 2 atom stereocenters. The predicted molar refractivity (Wildman–Crippen MR) is 72.5 cm³/mol. The fourth-order valence-electron chi connectivity index (χ4n) is 2.45. The fourth-order valence-corrected chi connectivity index (χ4v) is 2.58. The van der Waals surface area contributed by atoms with Gasteiger partial charge in [-0.15, -0.1) is 0 Å². The number of halogens is 1. The van der Waals surface area contributed by atoms with Crippen molar-refractivity contribution in [3.63, 3.8) is 0 Å². The number of hydrogen-bond acceptors (Lipinski definition) is 3. The number of benzene rings is 1. The third-order valence-electron chi connectivity index (χ3n) is 3.49. The van der Waals surface area contributed by atoms with Crippen molar-refractivity contribution in [2.24, 2.45) is 0 Å². The highest BCUT2D eigenvalue weighted by atomic mass is 35.5. The highest BCUT2D eigenvalue weighted by Gasteiger charge is 2.27. The maximum absolute atomic E-state index is 5.93. The van der Waals surface area contributed by atoms with Crippen molar-refractivity contribution in [1.82, 2.24) is 15.5 Å². The molecule has 0 aromatic heterocycles. The summed E-state index contributed by atoms with van der Waals surface area (Å²) in [5.41, 5.74) is 1.29. The Hall–Kier alpha value is -0.610. The first-order valence-corrected chi connectivity index (χ1v) is 6.44. The lowest BCUT2D eigenvalue weighted by molar-refractivity contribution is 0.162. The minimum absolute atomic E-state index is 0.338. The molecule has 17 heavy (non-hydrogen) atoms. The molecule has 4 heteroatoms. The monoisotopic (exact) mass is 253 g/mol. The predicted octanol–water partition coefficient (Wildman–Crippen LogP) is 1.50. The van der Waals surface area contributed by atoms with E-state index in [1.165, 1.54) is 5.56 Å². The van der Waals surface area contributed by atoms with Gasteiger partial charge in [0.2, 0.25) is 0 Å². The number of piperazine rings is 1. The normalized spacial score (nSPS) is 23.6. The smallest absolute Gasteiger partial charge is 0.0488 e. The van der Waals surface area contributed by atoms with Crippen LogP contribution in [0.25, 0.3) is 0 Å². The van der Waals surface area contributed by atoms with E-state index >= 15 is 0 Å². The Bertz CT molecular complexity index is 352. The zero-order valence-electron chi connectivity index (χ0n) is 10.4. The lowest BCUT2D eigenvalue weighted by atomic mass is 9.97. The molecule has 1 aromatic rings. The van der Waals surface area contributed by atoms with Gasteiger partial charge < -0.3 is 10.6 Å². The van der Waals surface area contributed by atoms with Crippen molar-refractivity contribution in [1.29, 1.82) is 0 Å². The van der Waals surface area contributed by atoms with Gasteiger partial charge >= 0.3 is 0 Å². The molecule has 0 saturated carbocycles. The van der Waals surface area contributed by atoms with Gasteiger partial charge in [0.1, 0.15) is 0 Å². The molecule has 2 N–H and O–H groups in total. The number of nitrogens with one attached hydrogen (secondary N) is 2. The molecule has 2 rings (SSSR count). The highest BCUT2D eigenvalue weighted by Crippen LogP contribution is 2.22. The molecule has 0 spiro atoms. The zero-order chi connectivity index (χ0) is 12.3. The summed E-state index contributed by atoms with van der Waals surface area (Å²) < 4.78 is 0. The summed E-state index contributed by atoms with van der Waals surface area (Å²) in [6.45, 7) is 3.19. The van der Waals surface area contributed by atoms with Crippen molar-refractivity contribution in [2.45, 2.75) is 12.1 Å². The van der Waals surface area contributed by atoms with Gasteiger partial charge in [0, 0.05) is 36.7 Å². The van der Waals surface area contributed by atoms with Crippen LogP contribution in [0.2, 0.25) is 5.02 Å². The van der Waals surface area contributed by atoms with E-state index in [2.05, 4.69) is 34.7 Å². The minimum atomic E-state index is 0.338. The number of hydrogen-bond donors (Lipinski definition) is 2. The Morgan fingerprint density at radius 2 is 2.12 bits per heavy atom. The molecule has 0 aliphatic carbocycles. The van der Waals surface area contributed by atoms with Gasteiger partial charge in [-0.05, 0) is 31.8 Å².